The maximum Gasteiger partial charge on any atom is 0.405 e. The molecule has 24 heavy (non-hydrogen) atoms. The summed E-state index contributed by atoms with van der Waals surface area (Å²) in [6.07, 6.45) is -2.33. The van der Waals surface area contributed by atoms with E-state index in [-0.39, 0.29) is 0 Å². The Morgan fingerprint density at radius 3 is 2.75 bits per heavy atom. The maximum absolute atomic E-state index is 13.3. The summed E-state index contributed by atoms with van der Waals surface area (Å²) in [5.74, 6) is -0.210. The summed E-state index contributed by atoms with van der Waals surface area (Å²) < 4.78 is 45.1. The van der Waals surface area contributed by atoms with Gasteiger partial charge in [-0.05, 0) is 19.1 Å². The van der Waals surface area contributed by atoms with E-state index in [4.69, 9.17) is 4.74 Å². The van der Waals surface area contributed by atoms with Gasteiger partial charge in [-0.15, -0.1) is 0 Å². The molecule has 2 heterocycles. The van der Waals surface area contributed by atoms with Gasteiger partial charge in [-0.2, -0.15) is 13.2 Å². The van der Waals surface area contributed by atoms with Crippen LogP contribution in [-0.2, 0) is 4.79 Å². The van der Waals surface area contributed by atoms with Crippen LogP contribution in [0.3, 0.4) is 0 Å². The number of carbonyl (C=O) groups excluding carboxylic acids is 1. The highest BCUT2D eigenvalue weighted by Crippen LogP contribution is 2.24. The van der Waals surface area contributed by atoms with Crippen molar-refractivity contribution in [3.05, 3.63) is 24.5 Å². The normalized spacial score (nSPS) is 18.7. The first-order chi connectivity index (χ1) is 11.4. The van der Waals surface area contributed by atoms with Crippen molar-refractivity contribution in [3.8, 4) is 5.75 Å². The van der Waals surface area contributed by atoms with Gasteiger partial charge in [-0.3, -0.25) is 14.7 Å². The maximum atomic E-state index is 13.3. The monoisotopic (exact) mass is 346 g/mol. The lowest BCUT2D eigenvalue weighted by Crippen LogP contribution is -2.58. The van der Waals surface area contributed by atoms with Crippen molar-refractivity contribution < 1.29 is 22.7 Å². The van der Waals surface area contributed by atoms with Crippen molar-refractivity contribution in [1.29, 1.82) is 0 Å². The standard InChI is InChI=1S/C15H21F3N4O2/c1-11(24-12-3-2-4-20-9-12)14(23)21-10-13(15(16,17)18)22-7-5-19-6-8-22/h2-4,9,11,13,19H,5-8,10H2,1H3,(H,21,23). The third kappa shape index (κ3) is 5.34. The first-order valence-electron chi connectivity index (χ1n) is 7.74. The van der Waals surface area contributed by atoms with Crippen LogP contribution in [0.25, 0.3) is 0 Å². The topological polar surface area (TPSA) is 66.5 Å². The van der Waals surface area contributed by atoms with Gasteiger partial charge in [-0.25, -0.2) is 0 Å². The number of piperazine rings is 1. The Hall–Kier alpha value is -1.87. The SMILES string of the molecule is CC(Oc1cccnc1)C(=O)NCC(N1CCNCC1)C(F)(F)F. The first kappa shape index (κ1) is 18.5. The van der Waals surface area contributed by atoms with Crippen LogP contribution in [0.1, 0.15) is 6.92 Å². The number of carbonyl (C=O) groups is 1. The summed E-state index contributed by atoms with van der Waals surface area (Å²) in [5, 5.41) is 5.35. The fourth-order valence-electron chi connectivity index (χ4n) is 2.46. The van der Waals surface area contributed by atoms with Crippen LogP contribution >= 0.6 is 0 Å². The Balaban J connectivity index is 1.89. The largest absolute Gasteiger partial charge is 0.479 e. The number of nitrogens with one attached hydrogen (secondary N) is 2. The number of nitrogens with zero attached hydrogens (tertiary/aromatic N) is 2. The highest BCUT2D eigenvalue weighted by atomic mass is 19.4. The van der Waals surface area contributed by atoms with Gasteiger partial charge < -0.3 is 15.4 Å². The lowest BCUT2D eigenvalue weighted by molar-refractivity contribution is -0.184. The van der Waals surface area contributed by atoms with Crippen LogP contribution in [0.4, 0.5) is 13.2 Å². The molecule has 1 saturated heterocycles. The van der Waals surface area contributed by atoms with Crippen LogP contribution in [0.2, 0.25) is 0 Å². The predicted molar refractivity (Wildman–Crippen MR) is 81.6 cm³/mol. The van der Waals surface area contributed by atoms with Crippen molar-refractivity contribution in [1.82, 2.24) is 20.5 Å². The molecule has 0 aromatic carbocycles. The second kappa shape index (κ2) is 8.29. The highest BCUT2D eigenvalue weighted by molar-refractivity contribution is 5.80. The van der Waals surface area contributed by atoms with Crippen LogP contribution in [0, 0.1) is 0 Å². The van der Waals surface area contributed by atoms with Gasteiger partial charge in [0.15, 0.2) is 6.10 Å². The number of rotatable bonds is 6. The Bertz CT molecular complexity index is 521. The van der Waals surface area contributed by atoms with Gasteiger partial charge >= 0.3 is 6.18 Å². The van der Waals surface area contributed by atoms with Gasteiger partial charge in [0, 0.05) is 38.9 Å². The van der Waals surface area contributed by atoms with Gasteiger partial charge in [0.05, 0.1) is 6.20 Å². The van der Waals surface area contributed by atoms with Crippen molar-refractivity contribution in [2.45, 2.75) is 25.2 Å². The Kier molecular flexibility index (Phi) is 6.38. The minimum Gasteiger partial charge on any atom is -0.479 e. The zero-order valence-electron chi connectivity index (χ0n) is 13.3. The number of amides is 1. The van der Waals surface area contributed by atoms with E-state index in [1.54, 1.807) is 18.3 Å². The fourth-order valence-corrected chi connectivity index (χ4v) is 2.46. The lowest BCUT2D eigenvalue weighted by Gasteiger charge is -2.36. The highest BCUT2D eigenvalue weighted by Gasteiger charge is 2.44. The van der Waals surface area contributed by atoms with Crippen LogP contribution in [-0.4, -0.2) is 66.8 Å². The molecule has 9 heteroatoms. The van der Waals surface area contributed by atoms with Crippen molar-refractivity contribution in [3.63, 3.8) is 0 Å². The molecule has 1 aliphatic heterocycles. The summed E-state index contributed by atoms with van der Waals surface area (Å²) in [6.45, 7) is 2.57. The van der Waals surface area contributed by atoms with Crippen molar-refractivity contribution in [2.75, 3.05) is 32.7 Å². The van der Waals surface area contributed by atoms with E-state index in [1.165, 1.54) is 18.0 Å². The smallest absolute Gasteiger partial charge is 0.405 e. The number of hydrogen-bond donors (Lipinski definition) is 2. The Morgan fingerprint density at radius 2 is 2.17 bits per heavy atom. The molecule has 1 aromatic rings. The Labute approximate surface area is 138 Å². The molecule has 1 aliphatic rings. The number of alkyl halides is 3. The molecule has 0 aliphatic carbocycles. The second-order valence-electron chi connectivity index (χ2n) is 5.54. The summed E-state index contributed by atoms with van der Waals surface area (Å²) in [6, 6.07) is 1.56. The molecule has 0 saturated carbocycles. The minimum absolute atomic E-state index is 0.293. The number of halogens is 3. The van der Waals surface area contributed by atoms with Gasteiger partial charge in [0.25, 0.3) is 5.91 Å². The van der Waals surface area contributed by atoms with Crippen molar-refractivity contribution >= 4 is 5.91 Å². The van der Waals surface area contributed by atoms with E-state index in [0.717, 1.165) is 0 Å². The first-order valence-corrected chi connectivity index (χ1v) is 7.74. The van der Waals surface area contributed by atoms with E-state index in [0.29, 0.717) is 31.9 Å². The van der Waals surface area contributed by atoms with E-state index in [2.05, 4.69) is 15.6 Å². The van der Waals surface area contributed by atoms with E-state index >= 15 is 0 Å². The average molecular weight is 346 g/mol. The number of pyridine rings is 1. The van der Waals surface area contributed by atoms with Crippen LogP contribution < -0.4 is 15.4 Å². The molecule has 2 atom stereocenters. The molecule has 134 valence electrons. The molecule has 1 aromatic heterocycles. The van der Waals surface area contributed by atoms with E-state index in [9.17, 15) is 18.0 Å². The molecule has 6 nitrogen and oxygen atoms in total. The number of aromatic nitrogens is 1. The fraction of sp³-hybridized carbons (Fsp3) is 0.600. The van der Waals surface area contributed by atoms with Gasteiger partial charge in [-0.1, -0.05) is 0 Å². The average Bonchev–Trinajstić information content (AvgIpc) is 2.55. The molecule has 0 bridgehead atoms. The summed E-state index contributed by atoms with van der Waals surface area (Å²) >= 11 is 0. The number of hydrogen-bond acceptors (Lipinski definition) is 5. The molecular formula is C15H21F3N4O2. The summed E-state index contributed by atoms with van der Waals surface area (Å²) in [4.78, 5) is 17.2. The lowest BCUT2D eigenvalue weighted by atomic mass is 10.2. The second-order valence-corrected chi connectivity index (χ2v) is 5.54. The van der Waals surface area contributed by atoms with Gasteiger partial charge in [0.2, 0.25) is 0 Å². The number of ether oxygens (including phenoxy) is 1. The third-order valence-corrected chi connectivity index (χ3v) is 3.76. The molecule has 2 N–H and O–H groups in total. The zero-order chi connectivity index (χ0) is 17.6. The molecule has 0 radical (unpaired) electrons. The molecule has 2 unspecified atom stereocenters. The molecule has 0 spiro atoms. The molecule has 2 rings (SSSR count). The molecule has 1 fully saturated rings. The zero-order valence-corrected chi connectivity index (χ0v) is 13.3. The van der Waals surface area contributed by atoms with E-state index in [1.807, 2.05) is 0 Å². The third-order valence-electron chi connectivity index (χ3n) is 3.76. The van der Waals surface area contributed by atoms with E-state index < -0.39 is 30.8 Å². The van der Waals surface area contributed by atoms with Crippen molar-refractivity contribution in [2.24, 2.45) is 0 Å². The summed E-state index contributed by atoms with van der Waals surface area (Å²) in [5.41, 5.74) is 0. The summed E-state index contributed by atoms with van der Waals surface area (Å²) in [7, 11) is 0. The molecular weight excluding hydrogens is 325 g/mol. The molecule has 1 amide bonds. The van der Waals surface area contributed by atoms with Crippen LogP contribution in [0.15, 0.2) is 24.5 Å². The van der Waals surface area contributed by atoms with Crippen LogP contribution in [0.5, 0.6) is 5.75 Å². The van der Waals surface area contributed by atoms with Gasteiger partial charge in [0.1, 0.15) is 11.8 Å². The quantitative estimate of drug-likeness (QED) is 0.798. The predicted octanol–water partition coefficient (Wildman–Crippen LogP) is 0.801. The Morgan fingerprint density at radius 1 is 1.46 bits per heavy atom. The minimum atomic E-state index is -4.40.